The summed E-state index contributed by atoms with van der Waals surface area (Å²) in [6, 6.07) is 13.4. The zero-order valence-electron chi connectivity index (χ0n) is 22.7. The van der Waals surface area contributed by atoms with Gasteiger partial charge < -0.3 is 15.4 Å². The van der Waals surface area contributed by atoms with Crippen LogP contribution in [0.2, 0.25) is 0 Å². The molecule has 4 N–H and O–H groups in total. The maximum Gasteiger partial charge on any atom is 0.290 e. The minimum absolute atomic E-state index is 0.208. The molecule has 11 heteroatoms. The Bertz CT molecular complexity index is 1620. The van der Waals surface area contributed by atoms with Crippen LogP contribution < -0.4 is 5.32 Å². The summed E-state index contributed by atoms with van der Waals surface area (Å²) in [5, 5.41) is 22.1. The van der Waals surface area contributed by atoms with E-state index >= 15 is 0 Å². The first-order valence-corrected chi connectivity index (χ1v) is 14.1. The molecule has 4 heterocycles. The fraction of sp³-hybridized carbons (Fsp3) is 0.310. The molecule has 0 bridgehead atoms. The summed E-state index contributed by atoms with van der Waals surface area (Å²) in [5.74, 6) is -0.208. The first-order chi connectivity index (χ1) is 19.4. The van der Waals surface area contributed by atoms with Gasteiger partial charge in [0.05, 0.1) is 23.9 Å². The Morgan fingerprint density at radius 3 is 2.83 bits per heavy atom. The number of nitrogens with one attached hydrogen (secondary N) is 3. The molecule has 1 amide bonds. The van der Waals surface area contributed by atoms with E-state index in [0.29, 0.717) is 23.5 Å². The van der Waals surface area contributed by atoms with Crippen LogP contribution in [0.25, 0.3) is 32.9 Å². The standard InChI is InChI=1S/C28H31N7OS.CH2O2/c1-17(2)35-10-9-34(14-18(35)3)15-27-31-26(16-37-27)28(36)32-24-11-19(12-25-22(24)13-30-33-25)20-5-4-6-23-21(20)7-8-29-23;2-1-3/h4-8,11-13,16-18,29H,9-10,14-15H2,1-3H3,(H,30,33)(H,32,36);1H,(H,2,3). The smallest absolute Gasteiger partial charge is 0.290 e. The van der Waals surface area contributed by atoms with Crippen molar-refractivity contribution in [3.8, 4) is 11.1 Å². The van der Waals surface area contributed by atoms with E-state index in [2.05, 4.69) is 80.3 Å². The Morgan fingerprint density at radius 2 is 2.05 bits per heavy atom. The van der Waals surface area contributed by atoms with Gasteiger partial charge in [0, 0.05) is 59.6 Å². The Morgan fingerprint density at radius 1 is 1.23 bits per heavy atom. The summed E-state index contributed by atoms with van der Waals surface area (Å²) in [6.07, 6.45) is 3.69. The van der Waals surface area contributed by atoms with E-state index in [1.165, 1.54) is 0 Å². The topological polar surface area (TPSA) is 130 Å². The number of hydrogen-bond donors (Lipinski definition) is 4. The highest BCUT2D eigenvalue weighted by molar-refractivity contribution is 7.09. The fourth-order valence-electron chi connectivity index (χ4n) is 5.47. The lowest BCUT2D eigenvalue weighted by Gasteiger charge is -2.41. The molecule has 0 radical (unpaired) electrons. The van der Waals surface area contributed by atoms with Crippen molar-refractivity contribution in [3.63, 3.8) is 0 Å². The van der Waals surface area contributed by atoms with Crippen LogP contribution in [0.15, 0.2) is 54.2 Å². The van der Waals surface area contributed by atoms with E-state index in [9.17, 15) is 4.79 Å². The normalized spacial score (nSPS) is 16.2. The zero-order valence-corrected chi connectivity index (χ0v) is 23.5. The Balaban J connectivity index is 0.00000103. The molecule has 2 aromatic carbocycles. The summed E-state index contributed by atoms with van der Waals surface area (Å²) in [5.41, 5.74) is 5.20. The number of carbonyl (C=O) groups excluding carboxylic acids is 1. The van der Waals surface area contributed by atoms with Gasteiger partial charge in [0.25, 0.3) is 12.4 Å². The number of rotatable bonds is 6. The number of carbonyl (C=O) groups is 2. The van der Waals surface area contributed by atoms with Crippen molar-refractivity contribution >= 4 is 51.2 Å². The van der Waals surface area contributed by atoms with Crippen molar-refractivity contribution in [2.75, 3.05) is 25.0 Å². The van der Waals surface area contributed by atoms with Gasteiger partial charge in [-0.3, -0.25) is 24.5 Å². The second-order valence-electron chi connectivity index (χ2n) is 10.2. The SMILES string of the molecule is CC(C)N1CCN(Cc2nc(C(=O)Nc3cc(-c4cccc5[nH]ccc45)cc4[nH]ncc34)cs2)CC1C.O=CO. The molecule has 1 unspecified atom stereocenters. The minimum Gasteiger partial charge on any atom is -0.483 e. The second-order valence-corrected chi connectivity index (χ2v) is 11.1. The third kappa shape index (κ3) is 5.76. The van der Waals surface area contributed by atoms with Crippen molar-refractivity contribution in [2.45, 2.75) is 39.4 Å². The highest BCUT2D eigenvalue weighted by Gasteiger charge is 2.26. The second kappa shape index (κ2) is 12.0. The van der Waals surface area contributed by atoms with Crippen molar-refractivity contribution in [2.24, 2.45) is 0 Å². The summed E-state index contributed by atoms with van der Waals surface area (Å²) in [7, 11) is 0. The summed E-state index contributed by atoms with van der Waals surface area (Å²) >= 11 is 1.55. The zero-order chi connectivity index (χ0) is 28.2. The van der Waals surface area contributed by atoms with Crippen molar-refractivity contribution in [1.82, 2.24) is 30.0 Å². The number of benzene rings is 2. The monoisotopic (exact) mass is 559 g/mol. The number of H-pyrrole nitrogens is 2. The lowest BCUT2D eigenvalue weighted by Crippen LogP contribution is -2.53. The number of fused-ring (bicyclic) bond motifs is 2. The molecule has 1 atom stereocenters. The highest BCUT2D eigenvalue weighted by Crippen LogP contribution is 2.34. The van der Waals surface area contributed by atoms with Gasteiger partial charge in [-0.1, -0.05) is 12.1 Å². The molecule has 1 fully saturated rings. The van der Waals surface area contributed by atoms with Crippen LogP contribution in [-0.4, -0.2) is 79.2 Å². The van der Waals surface area contributed by atoms with Crippen LogP contribution >= 0.6 is 11.3 Å². The minimum atomic E-state index is -0.250. The van der Waals surface area contributed by atoms with Crippen molar-refractivity contribution in [1.29, 1.82) is 0 Å². The lowest BCUT2D eigenvalue weighted by atomic mass is 9.99. The quantitative estimate of drug-likeness (QED) is 0.215. The molecule has 5 aromatic rings. The molecular formula is C29H33N7O3S. The maximum absolute atomic E-state index is 13.3. The third-order valence-electron chi connectivity index (χ3n) is 7.28. The molecular weight excluding hydrogens is 526 g/mol. The van der Waals surface area contributed by atoms with E-state index < -0.39 is 0 Å². The number of amides is 1. The molecule has 0 spiro atoms. The number of piperazine rings is 1. The summed E-state index contributed by atoms with van der Waals surface area (Å²) in [6.45, 7) is 10.4. The Kier molecular flexibility index (Phi) is 8.24. The molecule has 0 saturated carbocycles. The van der Waals surface area contributed by atoms with E-state index in [1.54, 1.807) is 17.5 Å². The first-order valence-electron chi connectivity index (χ1n) is 13.2. The van der Waals surface area contributed by atoms with Crippen molar-refractivity contribution < 1.29 is 14.7 Å². The fourth-order valence-corrected chi connectivity index (χ4v) is 6.29. The summed E-state index contributed by atoms with van der Waals surface area (Å²) < 4.78 is 0. The van der Waals surface area contributed by atoms with Crippen LogP contribution in [0.4, 0.5) is 5.69 Å². The van der Waals surface area contributed by atoms with Gasteiger partial charge in [0.1, 0.15) is 10.7 Å². The number of thiazole rings is 1. The van der Waals surface area contributed by atoms with Crippen LogP contribution in [0, 0.1) is 0 Å². The van der Waals surface area contributed by atoms with E-state index in [-0.39, 0.29) is 12.4 Å². The number of nitrogens with zero attached hydrogens (tertiary/aromatic N) is 4. The first kappa shape index (κ1) is 27.5. The lowest BCUT2D eigenvalue weighted by molar-refractivity contribution is -0.122. The number of hydrogen-bond acceptors (Lipinski definition) is 7. The Hall–Kier alpha value is -4.06. The van der Waals surface area contributed by atoms with Crippen LogP contribution in [0.5, 0.6) is 0 Å². The molecule has 0 aliphatic carbocycles. The number of anilines is 1. The van der Waals surface area contributed by atoms with Gasteiger partial charge in [0.15, 0.2) is 0 Å². The molecule has 1 saturated heterocycles. The van der Waals surface area contributed by atoms with E-state index in [1.807, 2.05) is 23.7 Å². The van der Waals surface area contributed by atoms with Gasteiger partial charge in [-0.05, 0) is 56.2 Å². The van der Waals surface area contributed by atoms with Gasteiger partial charge in [0.2, 0.25) is 0 Å². The highest BCUT2D eigenvalue weighted by atomic mass is 32.1. The largest absolute Gasteiger partial charge is 0.483 e. The average molecular weight is 560 g/mol. The molecule has 1 aliphatic rings. The molecule has 208 valence electrons. The predicted molar refractivity (Wildman–Crippen MR) is 159 cm³/mol. The van der Waals surface area contributed by atoms with Crippen LogP contribution in [0.1, 0.15) is 36.3 Å². The van der Waals surface area contributed by atoms with Gasteiger partial charge in [-0.15, -0.1) is 11.3 Å². The predicted octanol–water partition coefficient (Wildman–Crippen LogP) is 5.04. The molecule has 3 aromatic heterocycles. The maximum atomic E-state index is 13.3. The van der Waals surface area contributed by atoms with E-state index in [0.717, 1.165) is 64.1 Å². The number of carboxylic acid groups (broad SMARTS) is 1. The third-order valence-corrected chi connectivity index (χ3v) is 8.12. The average Bonchev–Trinajstić information content (AvgIpc) is 3.69. The van der Waals surface area contributed by atoms with Gasteiger partial charge >= 0.3 is 0 Å². The number of aromatic amines is 2. The molecule has 6 rings (SSSR count). The molecule has 10 nitrogen and oxygen atoms in total. The molecule has 1 aliphatic heterocycles. The molecule has 40 heavy (non-hydrogen) atoms. The van der Waals surface area contributed by atoms with Crippen molar-refractivity contribution in [3.05, 3.63) is 64.9 Å². The van der Waals surface area contributed by atoms with Gasteiger partial charge in [-0.25, -0.2) is 4.98 Å². The summed E-state index contributed by atoms with van der Waals surface area (Å²) in [4.78, 5) is 34.5. The van der Waals surface area contributed by atoms with Crippen LogP contribution in [0.3, 0.4) is 0 Å². The van der Waals surface area contributed by atoms with Crippen LogP contribution in [-0.2, 0) is 11.3 Å². The van der Waals surface area contributed by atoms with Gasteiger partial charge in [-0.2, -0.15) is 5.10 Å². The number of aromatic nitrogens is 4. The van der Waals surface area contributed by atoms with E-state index in [4.69, 9.17) is 9.90 Å². The Labute approximate surface area is 236 Å².